The number of rotatable bonds is 5. The molecule has 5 nitrogen and oxygen atoms in total. The molecule has 1 aromatic carbocycles. The van der Waals surface area contributed by atoms with Crippen LogP contribution in [0.4, 0.5) is 0 Å². The molecule has 0 aliphatic heterocycles. The zero-order valence-corrected chi connectivity index (χ0v) is 11.3. The largest absolute Gasteiger partial charge is 0.395 e. The van der Waals surface area contributed by atoms with E-state index in [0.29, 0.717) is 6.42 Å². The summed E-state index contributed by atoms with van der Waals surface area (Å²) in [7, 11) is -3.84. The SMILES string of the molecule is CCC(CO)NS(=O)(=O)c1cc(C#N)ccc1Cl. The number of aliphatic hydroxyl groups is 1. The maximum absolute atomic E-state index is 12.0. The molecule has 0 saturated carbocycles. The molecule has 0 aromatic heterocycles. The molecule has 1 unspecified atom stereocenters. The minimum absolute atomic E-state index is 0.0364. The van der Waals surface area contributed by atoms with Gasteiger partial charge in [-0.3, -0.25) is 0 Å². The molecule has 0 saturated heterocycles. The summed E-state index contributed by atoms with van der Waals surface area (Å²) >= 11 is 5.82. The van der Waals surface area contributed by atoms with Crippen molar-refractivity contribution in [3.05, 3.63) is 28.8 Å². The Balaban J connectivity index is 3.16. The summed E-state index contributed by atoms with van der Waals surface area (Å²) < 4.78 is 26.4. The molecule has 7 heteroatoms. The van der Waals surface area contributed by atoms with Crippen molar-refractivity contribution < 1.29 is 13.5 Å². The van der Waals surface area contributed by atoms with E-state index in [1.165, 1.54) is 18.2 Å². The lowest BCUT2D eigenvalue weighted by Crippen LogP contribution is -2.37. The molecule has 1 aromatic rings. The molecule has 2 N–H and O–H groups in total. The van der Waals surface area contributed by atoms with Crippen LogP contribution in [0.25, 0.3) is 0 Å². The van der Waals surface area contributed by atoms with E-state index >= 15 is 0 Å². The molecule has 0 aliphatic rings. The van der Waals surface area contributed by atoms with Gasteiger partial charge in [-0.25, -0.2) is 13.1 Å². The quantitative estimate of drug-likeness (QED) is 0.853. The molecule has 1 atom stereocenters. The first-order chi connectivity index (χ1) is 8.44. The summed E-state index contributed by atoms with van der Waals surface area (Å²) in [5.41, 5.74) is 0.205. The molecule has 1 rings (SSSR count). The molecule has 0 aliphatic carbocycles. The monoisotopic (exact) mass is 288 g/mol. The van der Waals surface area contributed by atoms with E-state index in [9.17, 15) is 8.42 Å². The molecule has 0 radical (unpaired) electrons. The van der Waals surface area contributed by atoms with Crippen molar-refractivity contribution in [2.24, 2.45) is 0 Å². The first-order valence-corrected chi connectivity index (χ1v) is 7.13. The summed E-state index contributed by atoms with van der Waals surface area (Å²) in [6, 6.07) is 5.27. The molecular formula is C11H13ClN2O3S. The number of nitriles is 1. The smallest absolute Gasteiger partial charge is 0.242 e. The number of aliphatic hydroxyl groups excluding tert-OH is 1. The van der Waals surface area contributed by atoms with E-state index in [1.54, 1.807) is 6.92 Å². The standard InChI is InChI=1S/C11H13ClN2O3S/c1-2-9(7-15)14-18(16,17)11-5-8(6-13)3-4-10(11)12/h3-5,9,14-15H,2,7H2,1H3. The summed E-state index contributed by atoms with van der Waals surface area (Å²) in [5.74, 6) is 0. The van der Waals surface area contributed by atoms with E-state index < -0.39 is 16.1 Å². The van der Waals surface area contributed by atoms with Crippen LogP contribution in [0, 0.1) is 11.3 Å². The first-order valence-electron chi connectivity index (χ1n) is 5.27. The highest BCUT2D eigenvalue weighted by Gasteiger charge is 2.21. The number of hydrogen-bond donors (Lipinski definition) is 2. The predicted molar refractivity (Wildman–Crippen MR) is 67.7 cm³/mol. The van der Waals surface area contributed by atoms with Crippen LogP contribution in [0.1, 0.15) is 18.9 Å². The van der Waals surface area contributed by atoms with Gasteiger partial charge in [0.2, 0.25) is 10.0 Å². The molecule has 0 fully saturated rings. The van der Waals surface area contributed by atoms with E-state index in [0.717, 1.165) is 0 Å². The molecule has 0 spiro atoms. The van der Waals surface area contributed by atoms with Gasteiger partial charge in [-0.15, -0.1) is 0 Å². The lowest BCUT2D eigenvalue weighted by atomic mass is 10.2. The molecule has 98 valence electrons. The van der Waals surface area contributed by atoms with Crippen molar-refractivity contribution in [3.63, 3.8) is 0 Å². The van der Waals surface area contributed by atoms with Gasteiger partial charge in [-0.05, 0) is 24.6 Å². The Morgan fingerprint density at radius 2 is 2.22 bits per heavy atom. The summed E-state index contributed by atoms with van der Waals surface area (Å²) in [6.45, 7) is 1.45. The maximum Gasteiger partial charge on any atom is 0.242 e. The predicted octanol–water partition coefficient (Wildman–Crippen LogP) is 1.26. The third-order valence-corrected chi connectivity index (χ3v) is 4.39. The fourth-order valence-corrected chi connectivity index (χ4v) is 3.15. The highest BCUT2D eigenvalue weighted by atomic mass is 35.5. The zero-order valence-electron chi connectivity index (χ0n) is 9.72. The summed E-state index contributed by atoms with van der Waals surface area (Å²) in [4.78, 5) is -0.157. The highest BCUT2D eigenvalue weighted by Crippen LogP contribution is 2.22. The zero-order chi connectivity index (χ0) is 13.8. The number of nitrogens with zero attached hydrogens (tertiary/aromatic N) is 1. The van der Waals surface area contributed by atoms with Crippen LogP contribution in [0.15, 0.2) is 23.1 Å². The maximum atomic E-state index is 12.0. The van der Waals surface area contributed by atoms with Gasteiger partial charge < -0.3 is 5.11 Å². The van der Waals surface area contributed by atoms with Crippen LogP contribution in [-0.4, -0.2) is 26.2 Å². The van der Waals surface area contributed by atoms with Gasteiger partial charge in [0.15, 0.2) is 0 Å². The number of benzene rings is 1. The van der Waals surface area contributed by atoms with Crippen molar-refractivity contribution in [3.8, 4) is 6.07 Å². The third kappa shape index (κ3) is 3.43. The van der Waals surface area contributed by atoms with Gasteiger partial charge in [0, 0.05) is 6.04 Å². The van der Waals surface area contributed by atoms with Crippen LogP contribution in [0.3, 0.4) is 0 Å². The molecule has 18 heavy (non-hydrogen) atoms. The Morgan fingerprint density at radius 1 is 1.56 bits per heavy atom. The first kappa shape index (κ1) is 14.9. The van der Waals surface area contributed by atoms with Crippen molar-refractivity contribution >= 4 is 21.6 Å². The second kappa shape index (κ2) is 6.16. The Labute approximate surface area is 111 Å². The van der Waals surface area contributed by atoms with Crippen molar-refractivity contribution in [2.45, 2.75) is 24.3 Å². The van der Waals surface area contributed by atoms with E-state index in [4.69, 9.17) is 22.0 Å². The second-order valence-electron chi connectivity index (χ2n) is 3.67. The van der Waals surface area contributed by atoms with Crippen LogP contribution < -0.4 is 4.72 Å². The van der Waals surface area contributed by atoms with Crippen LogP contribution in [0.2, 0.25) is 5.02 Å². The van der Waals surface area contributed by atoms with Gasteiger partial charge in [-0.2, -0.15) is 5.26 Å². The Kier molecular flexibility index (Phi) is 5.11. The summed E-state index contributed by atoms with van der Waals surface area (Å²) in [5, 5.41) is 17.8. The van der Waals surface area contributed by atoms with Crippen LogP contribution in [-0.2, 0) is 10.0 Å². The normalized spacial score (nSPS) is 13.0. The number of nitrogens with one attached hydrogen (secondary N) is 1. The van der Waals surface area contributed by atoms with E-state index in [2.05, 4.69) is 4.72 Å². The van der Waals surface area contributed by atoms with Gasteiger partial charge in [0.25, 0.3) is 0 Å². The van der Waals surface area contributed by atoms with E-state index in [-0.39, 0.29) is 22.1 Å². The van der Waals surface area contributed by atoms with Crippen molar-refractivity contribution in [2.75, 3.05) is 6.61 Å². The number of hydrogen-bond acceptors (Lipinski definition) is 4. The average Bonchev–Trinajstić information content (AvgIpc) is 2.36. The molecule has 0 amide bonds. The third-order valence-electron chi connectivity index (χ3n) is 2.38. The van der Waals surface area contributed by atoms with Gasteiger partial charge in [0.05, 0.1) is 23.3 Å². The average molecular weight is 289 g/mol. The lowest BCUT2D eigenvalue weighted by molar-refractivity contribution is 0.254. The minimum Gasteiger partial charge on any atom is -0.395 e. The lowest BCUT2D eigenvalue weighted by Gasteiger charge is -2.15. The fraction of sp³-hybridized carbons (Fsp3) is 0.364. The minimum atomic E-state index is -3.84. The van der Waals surface area contributed by atoms with Crippen molar-refractivity contribution in [1.82, 2.24) is 4.72 Å². The van der Waals surface area contributed by atoms with Gasteiger partial charge in [0.1, 0.15) is 4.90 Å². The van der Waals surface area contributed by atoms with E-state index in [1.807, 2.05) is 6.07 Å². The number of sulfonamides is 1. The van der Waals surface area contributed by atoms with Gasteiger partial charge >= 0.3 is 0 Å². The Hall–Kier alpha value is -1.13. The van der Waals surface area contributed by atoms with Gasteiger partial charge in [-0.1, -0.05) is 18.5 Å². The Morgan fingerprint density at radius 3 is 2.72 bits per heavy atom. The summed E-state index contributed by atoms with van der Waals surface area (Å²) in [6.07, 6.45) is 0.450. The molecular weight excluding hydrogens is 276 g/mol. The van der Waals surface area contributed by atoms with Crippen LogP contribution in [0.5, 0.6) is 0 Å². The van der Waals surface area contributed by atoms with Crippen LogP contribution >= 0.6 is 11.6 Å². The Bertz CT molecular complexity index is 562. The second-order valence-corrected chi connectivity index (χ2v) is 5.76. The molecule has 0 bridgehead atoms. The highest BCUT2D eigenvalue weighted by molar-refractivity contribution is 7.89. The topological polar surface area (TPSA) is 90.2 Å². The number of halogens is 1. The fourth-order valence-electron chi connectivity index (χ4n) is 1.31. The molecule has 0 heterocycles. The van der Waals surface area contributed by atoms with Crippen molar-refractivity contribution in [1.29, 1.82) is 5.26 Å².